The van der Waals surface area contributed by atoms with Gasteiger partial charge in [0.1, 0.15) is 0 Å². The molecule has 72 valence electrons. The van der Waals surface area contributed by atoms with E-state index in [4.69, 9.17) is 12.2 Å². The number of aromatic nitrogens is 1. The summed E-state index contributed by atoms with van der Waals surface area (Å²) in [7, 11) is 2.19. The highest BCUT2D eigenvalue weighted by Gasteiger charge is 2.18. The fraction of sp³-hybridized carbons (Fsp3) is 0.667. The molecule has 2 rings (SSSR count). The van der Waals surface area contributed by atoms with Crippen molar-refractivity contribution < 1.29 is 0 Å². The van der Waals surface area contributed by atoms with Crippen molar-refractivity contribution in [2.45, 2.75) is 18.8 Å². The second-order valence-corrected chi connectivity index (χ2v) is 5.23. The van der Waals surface area contributed by atoms with Gasteiger partial charge in [0.25, 0.3) is 0 Å². The van der Waals surface area contributed by atoms with E-state index in [1.165, 1.54) is 31.6 Å². The van der Waals surface area contributed by atoms with Crippen molar-refractivity contribution in [2.24, 2.45) is 0 Å². The summed E-state index contributed by atoms with van der Waals surface area (Å²) in [5, 5.41) is 2.18. The quantitative estimate of drug-likeness (QED) is 0.725. The van der Waals surface area contributed by atoms with Gasteiger partial charge in [-0.05, 0) is 45.2 Å². The molecule has 0 atom stereocenters. The Kier molecular flexibility index (Phi) is 2.81. The van der Waals surface area contributed by atoms with Crippen LogP contribution in [0.25, 0.3) is 0 Å². The lowest BCUT2D eigenvalue weighted by Gasteiger charge is -2.28. The molecule has 0 aromatic carbocycles. The van der Waals surface area contributed by atoms with Crippen molar-refractivity contribution in [3.05, 3.63) is 15.0 Å². The van der Waals surface area contributed by atoms with Gasteiger partial charge in [-0.2, -0.15) is 0 Å². The van der Waals surface area contributed by atoms with E-state index < -0.39 is 0 Å². The zero-order valence-electron chi connectivity index (χ0n) is 7.75. The molecule has 4 heteroatoms. The van der Waals surface area contributed by atoms with Crippen molar-refractivity contribution >= 4 is 23.6 Å². The number of H-pyrrole nitrogens is 1. The number of piperidine rings is 1. The van der Waals surface area contributed by atoms with E-state index in [0.29, 0.717) is 5.92 Å². The molecule has 1 N–H and O–H groups in total. The van der Waals surface area contributed by atoms with Crippen molar-refractivity contribution in [1.29, 1.82) is 0 Å². The van der Waals surface area contributed by atoms with Crippen LogP contribution in [0.5, 0.6) is 0 Å². The topological polar surface area (TPSA) is 19.0 Å². The molecule has 2 nitrogen and oxygen atoms in total. The Morgan fingerprint density at radius 3 is 2.77 bits per heavy atom. The van der Waals surface area contributed by atoms with Crippen molar-refractivity contribution in [2.75, 3.05) is 20.1 Å². The van der Waals surface area contributed by atoms with E-state index in [0.717, 1.165) is 3.95 Å². The predicted molar refractivity (Wildman–Crippen MR) is 59.0 cm³/mol. The zero-order valence-corrected chi connectivity index (χ0v) is 9.38. The van der Waals surface area contributed by atoms with Crippen LogP contribution in [0.2, 0.25) is 0 Å². The van der Waals surface area contributed by atoms with Gasteiger partial charge in [0.15, 0.2) is 3.95 Å². The van der Waals surface area contributed by atoms with Gasteiger partial charge >= 0.3 is 0 Å². The SMILES string of the molecule is CN1CCC(c2csc(=S)[nH]2)CC1. The number of hydrogen-bond acceptors (Lipinski definition) is 3. The number of likely N-dealkylation sites (tertiary alicyclic amines) is 1. The van der Waals surface area contributed by atoms with Crippen LogP contribution in [0.3, 0.4) is 0 Å². The molecular weight excluding hydrogens is 200 g/mol. The maximum Gasteiger partial charge on any atom is 0.158 e. The average molecular weight is 214 g/mol. The van der Waals surface area contributed by atoms with Gasteiger partial charge in [-0.15, -0.1) is 11.3 Å². The average Bonchev–Trinajstić information content (AvgIpc) is 2.53. The summed E-state index contributed by atoms with van der Waals surface area (Å²) in [5.74, 6) is 0.712. The van der Waals surface area contributed by atoms with Gasteiger partial charge in [0, 0.05) is 17.0 Å². The molecule has 0 spiro atoms. The third kappa shape index (κ3) is 2.18. The van der Waals surface area contributed by atoms with E-state index in [1.807, 2.05) is 0 Å². The molecule has 1 saturated heterocycles. The van der Waals surface area contributed by atoms with Gasteiger partial charge in [-0.3, -0.25) is 0 Å². The van der Waals surface area contributed by atoms with E-state index >= 15 is 0 Å². The standard InChI is InChI=1S/C9H14N2S2/c1-11-4-2-7(3-5-11)8-6-13-9(12)10-8/h6-7H,2-5H2,1H3,(H,10,12). The fourth-order valence-corrected chi connectivity index (χ4v) is 2.74. The van der Waals surface area contributed by atoms with Crippen LogP contribution in [-0.2, 0) is 0 Å². The van der Waals surface area contributed by atoms with Gasteiger partial charge in [-0.1, -0.05) is 0 Å². The number of hydrogen-bond donors (Lipinski definition) is 1. The van der Waals surface area contributed by atoms with E-state index in [-0.39, 0.29) is 0 Å². The molecule has 13 heavy (non-hydrogen) atoms. The first-order chi connectivity index (χ1) is 6.25. The second-order valence-electron chi connectivity index (χ2n) is 3.68. The van der Waals surface area contributed by atoms with Gasteiger partial charge in [0.2, 0.25) is 0 Å². The smallest absolute Gasteiger partial charge is 0.158 e. The summed E-state index contributed by atoms with van der Waals surface area (Å²) < 4.78 is 0.911. The Balaban J connectivity index is 2.06. The summed E-state index contributed by atoms with van der Waals surface area (Å²) in [6.07, 6.45) is 2.52. The number of nitrogens with zero attached hydrogens (tertiary/aromatic N) is 1. The fourth-order valence-electron chi connectivity index (χ4n) is 1.81. The first-order valence-corrected chi connectivity index (χ1v) is 5.91. The molecule has 1 aromatic rings. The molecule has 0 saturated carbocycles. The first kappa shape index (κ1) is 9.37. The highest BCUT2D eigenvalue weighted by molar-refractivity contribution is 7.73. The third-order valence-corrected chi connectivity index (χ3v) is 3.78. The Labute approximate surface area is 87.6 Å². The van der Waals surface area contributed by atoms with Crippen LogP contribution in [0.4, 0.5) is 0 Å². The summed E-state index contributed by atoms with van der Waals surface area (Å²) in [6, 6.07) is 0. The van der Waals surface area contributed by atoms with Crippen LogP contribution in [0.15, 0.2) is 5.38 Å². The minimum absolute atomic E-state index is 0.712. The molecule has 2 heterocycles. The first-order valence-electron chi connectivity index (χ1n) is 4.62. The van der Waals surface area contributed by atoms with E-state index in [9.17, 15) is 0 Å². The van der Waals surface area contributed by atoms with Crippen LogP contribution in [0, 0.1) is 3.95 Å². The van der Waals surface area contributed by atoms with Gasteiger partial charge in [0.05, 0.1) is 0 Å². The minimum atomic E-state index is 0.712. The van der Waals surface area contributed by atoms with Gasteiger partial charge in [-0.25, -0.2) is 0 Å². The van der Waals surface area contributed by atoms with Gasteiger partial charge < -0.3 is 9.88 Å². The summed E-state index contributed by atoms with van der Waals surface area (Å²) in [4.78, 5) is 5.66. The highest BCUT2D eigenvalue weighted by Crippen LogP contribution is 2.27. The molecule has 0 bridgehead atoms. The van der Waals surface area contributed by atoms with Crippen LogP contribution >= 0.6 is 23.6 Å². The second kappa shape index (κ2) is 3.90. The minimum Gasteiger partial charge on any atom is -0.341 e. The van der Waals surface area contributed by atoms with Crippen LogP contribution in [-0.4, -0.2) is 30.0 Å². The molecule has 0 aliphatic carbocycles. The predicted octanol–water partition coefficient (Wildman–Crippen LogP) is 2.61. The largest absolute Gasteiger partial charge is 0.341 e. The van der Waals surface area contributed by atoms with Crippen molar-refractivity contribution in [1.82, 2.24) is 9.88 Å². The monoisotopic (exact) mass is 214 g/mol. The molecule has 1 aliphatic heterocycles. The Hall–Kier alpha value is -0.190. The van der Waals surface area contributed by atoms with Crippen LogP contribution in [0.1, 0.15) is 24.5 Å². The Morgan fingerprint density at radius 2 is 2.23 bits per heavy atom. The molecule has 0 unspecified atom stereocenters. The van der Waals surface area contributed by atoms with Crippen molar-refractivity contribution in [3.63, 3.8) is 0 Å². The summed E-state index contributed by atoms with van der Waals surface area (Å²) in [6.45, 7) is 2.42. The maximum atomic E-state index is 5.08. The zero-order chi connectivity index (χ0) is 9.26. The number of rotatable bonds is 1. The Morgan fingerprint density at radius 1 is 1.54 bits per heavy atom. The lowest BCUT2D eigenvalue weighted by atomic mass is 9.95. The Bertz CT molecular complexity index is 320. The summed E-state index contributed by atoms with van der Waals surface area (Å²) in [5.41, 5.74) is 1.35. The number of aromatic amines is 1. The summed E-state index contributed by atoms with van der Waals surface area (Å²) >= 11 is 6.72. The number of nitrogens with one attached hydrogen (secondary N) is 1. The molecular formula is C9H14N2S2. The van der Waals surface area contributed by atoms with Crippen molar-refractivity contribution in [3.8, 4) is 0 Å². The lowest BCUT2D eigenvalue weighted by molar-refractivity contribution is 0.253. The molecule has 0 radical (unpaired) electrons. The molecule has 1 aromatic heterocycles. The molecule has 0 amide bonds. The van der Waals surface area contributed by atoms with E-state index in [2.05, 4.69) is 22.3 Å². The lowest BCUT2D eigenvalue weighted by Crippen LogP contribution is -2.29. The number of thiazole rings is 1. The maximum absolute atomic E-state index is 5.08. The van der Waals surface area contributed by atoms with Crippen LogP contribution < -0.4 is 0 Å². The highest BCUT2D eigenvalue weighted by atomic mass is 32.1. The normalized spacial score (nSPS) is 20.7. The molecule has 1 fully saturated rings. The molecule has 1 aliphatic rings. The van der Waals surface area contributed by atoms with E-state index in [1.54, 1.807) is 11.3 Å². The third-order valence-electron chi connectivity index (χ3n) is 2.70.